The summed E-state index contributed by atoms with van der Waals surface area (Å²) in [6.45, 7) is -4.40. The van der Waals surface area contributed by atoms with E-state index in [9.17, 15) is 36.6 Å². The van der Waals surface area contributed by atoms with Crippen LogP contribution in [0.4, 0.5) is 0 Å². The van der Waals surface area contributed by atoms with Crippen LogP contribution in [0.5, 0.6) is 23.0 Å². The topological polar surface area (TPSA) is 198 Å². The second-order valence-corrected chi connectivity index (χ2v) is 37.1. The molecule has 8 rings (SSSR count). The van der Waals surface area contributed by atoms with Gasteiger partial charge in [0.05, 0.1) is 28.4 Å². The Morgan fingerprint density at radius 3 is 0.878 bits per heavy atom. The van der Waals surface area contributed by atoms with Gasteiger partial charge in [0.1, 0.15) is 0 Å². The van der Waals surface area contributed by atoms with Gasteiger partial charge in [-0.15, -0.1) is 0 Å². The molecule has 0 unspecified atom stereocenters. The third-order valence-electron chi connectivity index (χ3n) is 18.2. The van der Waals surface area contributed by atoms with Crippen LogP contribution in [0.25, 0.3) is 0 Å². The smallest absolute Gasteiger partial charge is 0.504 e. The van der Waals surface area contributed by atoms with Crippen LogP contribution in [0.15, 0.2) is 205 Å². The monoisotopic (exact) mass is 1420 g/mol. The minimum Gasteiger partial charge on any atom is -0.504 e. The van der Waals surface area contributed by atoms with Crippen LogP contribution in [-0.4, -0.2) is 91.9 Å². The number of hydrogen-bond acceptors (Lipinski definition) is 14. The van der Waals surface area contributed by atoms with E-state index in [0.29, 0.717) is 47.4 Å². The molecule has 0 spiro atoms. The molecule has 538 valence electrons. The Kier molecular flexibility index (Phi) is 33.9. The maximum atomic E-state index is 13.2. The first-order valence-corrected chi connectivity index (χ1v) is 40.9. The summed E-state index contributed by atoms with van der Waals surface area (Å²) < 4.78 is 86.8. The number of Topliss-reactive ketones (excluding diaryl/α,β-unsaturated/α-hetero) is 2. The molecule has 0 saturated heterocycles. The number of carbonyl (C=O) groups excluding carboxylic acids is 2. The number of allylic oxidation sites excluding steroid dienone is 2. The van der Waals surface area contributed by atoms with E-state index in [0.717, 1.165) is 141 Å². The van der Waals surface area contributed by atoms with E-state index in [1.807, 2.05) is 182 Å². The molecular weight excluding hydrogens is 1310 g/mol. The number of ketones is 2. The summed E-state index contributed by atoms with van der Waals surface area (Å²) in [5, 5.41) is 26.7. The summed E-state index contributed by atoms with van der Waals surface area (Å²) in [4.78, 5) is 25.5. The van der Waals surface area contributed by atoms with Crippen LogP contribution in [0.3, 0.4) is 0 Å². The van der Waals surface area contributed by atoms with E-state index in [2.05, 4.69) is 0 Å². The number of benzene rings is 7. The van der Waals surface area contributed by atoms with E-state index in [4.69, 9.17) is 26.9 Å². The minimum absolute atomic E-state index is 0. The van der Waals surface area contributed by atoms with Crippen molar-refractivity contribution in [3.63, 3.8) is 0 Å². The molecule has 18 heteroatoms. The number of carbonyl (C=O) groups is 2. The normalized spacial score (nSPS) is 13.3. The Bertz CT molecular complexity index is 3710. The Morgan fingerprint density at radius 2 is 0.602 bits per heavy atom. The molecule has 0 radical (unpaired) electrons. The van der Waals surface area contributed by atoms with Crippen molar-refractivity contribution in [3.8, 4) is 23.0 Å². The fourth-order valence-corrected chi connectivity index (χ4v) is 30.9. The molecule has 7 aromatic carbocycles. The molecule has 0 heterocycles. The summed E-state index contributed by atoms with van der Waals surface area (Å²) >= 11 is 0. The third-order valence-corrected chi connectivity index (χ3v) is 33.7. The van der Waals surface area contributed by atoms with Gasteiger partial charge in [-0.1, -0.05) is 29.7 Å². The molecule has 14 nitrogen and oxygen atoms in total. The standard InChI is InChI=1S/C38H49O7PS.C38H47O7PS.4CH4/c2*1-30-34(36(40)38(44-3)37(43-2)35(30)39)28-20-9-7-5-6-8-10-21-29-46(45-47(4,41)42,31-22-14-11-15-23-31,32-24-16-12-17-25-32)33-26-18-13-19-27-33;;;;/h11-19,22-27,39-40H,5-10,20-21,28-29H2,1-4H3;11-19,22-27H,5-10,20-21,28-29H2,1-4H3;4*1H4. The van der Waals surface area contributed by atoms with Gasteiger partial charge in [-0.05, 0) is 13.8 Å². The molecular formula is C80H112O14P2S2. The van der Waals surface area contributed by atoms with Gasteiger partial charge in [0.25, 0.3) is 0 Å². The number of phenolic OH excluding ortho intramolecular Hbond substituents is 2. The number of ether oxygens (including phenoxy) is 4. The second kappa shape index (κ2) is 39.0. The molecule has 98 heavy (non-hydrogen) atoms. The van der Waals surface area contributed by atoms with Crippen LogP contribution >= 0.6 is 13.7 Å². The fraction of sp³-hybridized carbons (Fsp3) is 0.400. The zero-order valence-corrected chi connectivity index (χ0v) is 59.4. The molecule has 2 N–H and O–H groups in total. The Morgan fingerprint density at radius 1 is 0.347 bits per heavy atom. The zero-order chi connectivity index (χ0) is 67.9. The number of hydrogen-bond donors (Lipinski definition) is 2. The minimum atomic E-state index is -3.93. The molecule has 0 bridgehead atoms. The quantitative estimate of drug-likeness (QED) is 0.0163. The molecule has 1 aliphatic rings. The van der Waals surface area contributed by atoms with Crippen LogP contribution in [0.2, 0.25) is 0 Å². The summed E-state index contributed by atoms with van der Waals surface area (Å²) in [5.41, 5.74) is 2.25. The summed E-state index contributed by atoms with van der Waals surface area (Å²) in [5.74, 6) is -0.257. The van der Waals surface area contributed by atoms with Crippen molar-refractivity contribution in [1.82, 2.24) is 0 Å². The van der Waals surface area contributed by atoms with Gasteiger partial charge in [0, 0.05) is 0 Å². The number of rotatable bonds is 36. The van der Waals surface area contributed by atoms with Crippen LogP contribution in [0.1, 0.15) is 157 Å². The van der Waals surface area contributed by atoms with Crippen molar-refractivity contribution in [2.24, 2.45) is 0 Å². The van der Waals surface area contributed by atoms with Crippen molar-refractivity contribution in [3.05, 3.63) is 216 Å². The van der Waals surface area contributed by atoms with Gasteiger partial charge < -0.3 is 29.2 Å². The first kappa shape index (κ1) is 85.1. The van der Waals surface area contributed by atoms with Crippen LogP contribution < -0.4 is 41.3 Å². The Labute approximate surface area is 588 Å². The van der Waals surface area contributed by atoms with E-state index in [1.54, 1.807) is 13.8 Å². The molecule has 0 atom stereocenters. The van der Waals surface area contributed by atoms with E-state index in [1.165, 1.54) is 34.7 Å². The summed E-state index contributed by atoms with van der Waals surface area (Å²) in [7, 11) is -2.11. The van der Waals surface area contributed by atoms with Crippen molar-refractivity contribution in [1.29, 1.82) is 0 Å². The van der Waals surface area contributed by atoms with Crippen molar-refractivity contribution < 1.29 is 63.5 Å². The first-order chi connectivity index (χ1) is 45.2. The molecule has 0 amide bonds. The molecule has 7 aromatic rings. The second-order valence-electron chi connectivity index (χ2n) is 24.3. The predicted octanol–water partition coefficient (Wildman–Crippen LogP) is 16.9. The predicted molar refractivity (Wildman–Crippen MR) is 412 cm³/mol. The molecule has 1 aliphatic carbocycles. The average molecular weight is 1420 g/mol. The van der Waals surface area contributed by atoms with Gasteiger partial charge in [0.15, 0.2) is 5.75 Å². The van der Waals surface area contributed by atoms with Crippen molar-refractivity contribution >= 4 is 77.3 Å². The Hall–Kier alpha value is -7.16. The van der Waals surface area contributed by atoms with E-state index < -0.39 is 33.9 Å². The average Bonchev–Trinajstić information content (AvgIpc) is 0.701. The van der Waals surface area contributed by atoms with Gasteiger partial charge in [-0.2, -0.15) is 0 Å². The van der Waals surface area contributed by atoms with E-state index in [-0.39, 0.29) is 75.8 Å². The SMILES string of the molecule is C.C.C.C.COC1=C(OC)C(=O)C(CCCCCCCCCCP(OS(C)(=O)=O)(c2ccccc2)(c2ccccc2)c2ccccc2)=C(C)C1=O.COc1c(O)c(C)c(CCCCCCCCCCP(OS(C)(=O)=O)(c2ccccc2)(c2ccccc2)c2ccccc2)c(O)c1OC. The number of aromatic hydroxyl groups is 2. The van der Waals surface area contributed by atoms with Crippen LogP contribution in [-0.2, 0) is 53.7 Å². The Balaban J connectivity index is 0.000000490. The fourth-order valence-electron chi connectivity index (χ4n) is 13.6. The molecule has 0 aromatic heterocycles. The van der Waals surface area contributed by atoms with Gasteiger partial charge in [-0.25, -0.2) is 0 Å². The van der Waals surface area contributed by atoms with Crippen LogP contribution in [0, 0.1) is 6.92 Å². The maximum absolute atomic E-state index is 13.2. The molecule has 0 aliphatic heterocycles. The van der Waals surface area contributed by atoms with Crippen molar-refractivity contribution in [2.45, 2.75) is 159 Å². The number of phenols is 2. The summed E-state index contributed by atoms with van der Waals surface area (Å²) in [6, 6.07) is 59.4. The number of methoxy groups -OCH3 is 4. The van der Waals surface area contributed by atoms with Gasteiger partial charge >= 0.3 is 447 Å². The van der Waals surface area contributed by atoms with Gasteiger partial charge in [0.2, 0.25) is 28.8 Å². The summed E-state index contributed by atoms with van der Waals surface area (Å²) in [6.07, 6.45) is 20.2. The first-order valence-electron chi connectivity index (χ1n) is 32.6. The molecule has 0 saturated carbocycles. The zero-order valence-electron chi connectivity index (χ0n) is 56.0. The molecule has 0 fully saturated rings. The third kappa shape index (κ3) is 19.2. The van der Waals surface area contributed by atoms with Crippen molar-refractivity contribution in [2.75, 3.05) is 53.3 Å². The van der Waals surface area contributed by atoms with E-state index >= 15 is 0 Å². The van der Waals surface area contributed by atoms with Gasteiger partial charge in [-0.3, -0.25) is 9.59 Å². The number of unbranched alkanes of at least 4 members (excludes halogenated alkanes) is 14.